The van der Waals surface area contributed by atoms with Crippen molar-refractivity contribution in [3.63, 3.8) is 0 Å². The Morgan fingerprint density at radius 3 is 2.75 bits per heavy atom. The van der Waals surface area contributed by atoms with E-state index in [-0.39, 0.29) is 24.2 Å². The first-order chi connectivity index (χ1) is 11.5. The lowest BCUT2D eigenvalue weighted by Crippen LogP contribution is -2.40. The maximum absolute atomic E-state index is 12.2. The molecule has 2 aromatic rings. The number of benzene rings is 2. The monoisotopic (exact) mass is 328 g/mol. The first kappa shape index (κ1) is 15.8. The van der Waals surface area contributed by atoms with E-state index in [1.807, 2.05) is 24.3 Å². The quantitative estimate of drug-likeness (QED) is 0.688. The molecule has 3 rings (SSSR count). The van der Waals surface area contributed by atoms with Crippen molar-refractivity contribution in [2.45, 2.75) is 13.0 Å². The summed E-state index contributed by atoms with van der Waals surface area (Å²) in [6.07, 6.45) is -0.289. The Labute approximate surface area is 138 Å². The van der Waals surface area contributed by atoms with Crippen LogP contribution in [0.1, 0.15) is 15.9 Å². The van der Waals surface area contributed by atoms with E-state index in [9.17, 15) is 14.9 Å². The van der Waals surface area contributed by atoms with Gasteiger partial charge < -0.3 is 14.8 Å². The van der Waals surface area contributed by atoms with Crippen molar-refractivity contribution in [2.24, 2.45) is 0 Å². The number of carbonyl (C=O) groups is 1. The van der Waals surface area contributed by atoms with Crippen LogP contribution in [0.15, 0.2) is 42.5 Å². The molecule has 1 aliphatic rings. The summed E-state index contributed by atoms with van der Waals surface area (Å²) >= 11 is 0. The molecule has 7 nitrogen and oxygen atoms in total. The number of nitrogens with one attached hydrogen (secondary N) is 1. The highest BCUT2D eigenvalue weighted by atomic mass is 16.6. The van der Waals surface area contributed by atoms with E-state index < -0.39 is 4.92 Å². The third kappa shape index (κ3) is 3.29. The van der Waals surface area contributed by atoms with Crippen LogP contribution in [0.25, 0.3) is 0 Å². The Kier molecular flexibility index (Phi) is 4.33. The van der Waals surface area contributed by atoms with Crippen LogP contribution >= 0.6 is 0 Å². The van der Waals surface area contributed by atoms with Gasteiger partial charge in [0, 0.05) is 17.2 Å². The van der Waals surface area contributed by atoms with Gasteiger partial charge in [-0.25, -0.2) is 0 Å². The molecule has 124 valence electrons. The van der Waals surface area contributed by atoms with Gasteiger partial charge in [-0.1, -0.05) is 12.1 Å². The summed E-state index contributed by atoms with van der Waals surface area (Å²) in [7, 11) is 0. The second-order valence-electron chi connectivity index (χ2n) is 5.47. The van der Waals surface area contributed by atoms with E-state index >= 15 is 0 Å². The molecule has 1 amide bonds. The fourth-order valence-corrected chi connectivity index (χ4v) is 2.47. The molecule has 1 atom stereocenters. The van der Waals surface area contributed by atoms with Gasteiger partial charge in [-0.3, -0.25) is 14.9 Å². The molecule has 1 heterocycles. The van der Waals surface area contributed by atoms with Crippen LogP contribution in [-0.4, -0.2) is 30.1 Å². The molecule has 0 fully saturated rings. The van der Waals surface area contributed by atoms with Gasteiger partial charge in [-0.05, 0) is 31.2 Å². The molecule has 0 spiro atoms. The van der Waals surface area contributed by atoms with Gasteiger partial charge >= 0.3 is 0 Å². The lowest BCUT2D eigenvalue weighted by Gasteiger charge is -2.26. The van der Waals surface area contributed by atoms with Gasteiger partial charge in [0.15, 0.2) is 11.5 Å². The third-order valence-corrected chi connectivity index (χ3v) is 3.71. The molecule has 0 saturated carbocycles. The lowest BCUT2D eigenvalue weighted by atomic mass is 10.1. The van der Waals surface area contributed by atoms with Crippen molar-refractivity contribution < 1.29 is 19.2 Å². The number of aryl methyl sites for hydroxylation is 1. The molecule has 1 N–H and O–H groups in total. The highest BCUT2D eigenvalue weighted by Gasteiger charge is 2.21. The number of carbonyl (C=O) groups excluding carboxylic acids is 1. The van der Waals surface area contributed by atoms with Crippen molar-refractivity contribution in [1.82, 2.24) is 5.32 Å². The summed E-state index contributed by atoms with van der Waals surface area (Å²) in [6, 6.07) is 11.6. The zero-order chi connectivity index (χ0) is 17.1. The van der Waals surface area contributed by atoms with E-state index in [0.29, 0.717) is 29.2 Å². The first-order valence-corrected chi connectivity index (χ1v) is 7.46. The van der Waals surface area contributed by atoms with Crippen molar-refractivity contribution in [3.8, 4) is 11.5 Å². The zero-order valence-corrected chi connectivity index (χ0v) is 13.0. The van der Waals surface area contributed by atoms with E-state index in [1.54, 1.807) is 6.92 Å². The van der Waals surface area contributed by atoms with Crippen LogP contribution in [0.4, 0.5) is 5.69 Å². The number of rotatable bonds is 4. The third-order valence-electron chi connectivity index (χ3n) is 3.71. The Morgan fingerprint density at radius 1 is 1.29 bits per heavy atom. The van der Waals surface area contributed by atoms with Gasteiger partial charge in [-0.2, -0.15) is 0 Å². The minimum absolute atomic E-state index is 0.00725. The molecular formula is C17H16N2O5. The molecule has 0 radical (unpaired) electrons. The van der Waals surface area contributed by atoms with Gasteiger partial charge in [-0.15, -0.1) is 0 Å². The van der Waals surface area contributed by atoms with Crippen molar-refractivity contribution >= 4 is 11.6 Å². The molecule has 0 saturated heterocycles. The standard InChI is InChI=1S/C17H16N2O5/c1-11-8-12(6-7-14(11)19(21)22)17(20)18-9-13-10-23-15-4-2-3-5-16(15)24-13/h2-8,13H,9-10H2,1H3,(H,18,20)/t13-/m0/s1. The summed E-state index contributed by atoms with van der Waals surface area (Å²) in [5.74, 6) is 1.02. The van der Waals surface area contributed by atoms with Crippen LogP contribution in [-0.2, 0) is 0 Å². The smallest absolute Gasteiger partial charge is 0.272 e. The second-order valence-corrected chi connectivity index (χ2v) is 5.47. The number of amides is 1. The second kappa shape index (κ2) is 6.57. The summed E-state index contributed by atoms with van der Waals surface area (Å²) < 4.78 is 11.3. The zero-order valence-electron chi connectivity index (χ0n) is 13.0. The number of nitro benzene ring substituents is 1. The molecule has 0 aliphatic carbocycles. The fraction of sp³-hybridized carbons (Fsp3) is 0.235. The molecule has 0 unspecified atom stereocenters. The van der Waals surface area contributed by atoms with E-state index in [4.69, 9.17) is 9.47 Å². The summed E-state index contributed by atoms with van der Waals surface area (Å²) in [5.41, 5.74) is 0.807. The maximum atomic E-state index is 12.2. The molecular weight excluding hydrogens is 312 g/mol. The average Bonchev–Trinajstić information content (AvgIpc) is 2.59. The SMILES string of the molecule is Cc1cc(C(=O)NC[C@H]2COc3ccccc3O2)ccc1[N+](=O)[O-]. The number of hydrogen-bond acceptors (Lipinski definition) is 5. The van der Waals surface area contributed by atoms with Gasteiger partial charge in [0.1, 0.15) is 12.7 Å². The van der Waals surface area contributed by atoms with E-state index in [0.717, 1.165) is 0 Å². The van der Waals surface area contributed by atoms with Crippen LogP contribution in [0, 0.1) is 17.0 Å². The van der Waals surface area contributed by atoms with Gasteiger partial charge in [0.05, 0.1) is 11.5 Å². The van der Waals surface area contributed by atoms with Crippen molar-refractivity contribution in [1.29, 1.82) is 0 Å². The predicted octanol–water partition coefficient (Wildman–Crippen LogP) is 2.47. The largest absolute Gasteiger partial charge is 0.486 e. The Bertz CT molecular complexity index is 790. The summed E-state index contributed by atoms with van der Waals surface area (Å²) in [5, 5.41) is 13.6. The number of ether oxygens (including phenoxy) is 2. The highest BCUT2D eigenvalue weighted by Crippen LogP contribution is 2.30. The minimum Gasteiger partial charge on any atom is -0.486 e. The molecule has 7 heteroatoms. The Morgan fingerprint density at radius 2 is 2.04 bits per heavy atom. The van der Waals surface area contributed by atoms with Crippen LogP contribution in [0.5, 0.6) is 11.5 Å². The Hall–Kier alpha value is -3.09. The number of para-hydroxylation sites is 2. The lowest BCUT2D eigenvalue weighted by molar-refractivity contribution is -0.385. The highest BCUT2D eigenvalue weighted by molar-refractivity contribution is 5.94. The first-order valence-electron chi connectivity index (χ1n) is 7.46. The van der Waals surface area contributed by atoms with E-state index in [2.05, 4.69) is 5.32 Å². The van der Waals surface area contributed by atoms with Gasteiger partial charge in [0.2, 0.25) is 0 Å². The molecule has 1 aliphatic heterocycles. The Balaban J connectivity index is 1.60. The van der Waals surface area contributed by atoms with Gasteiger partial charge in [0.25, 0.3) is 11.6 Å². The normalized spacial score (nSPS) is 15.6. The molecule has 0 bridgehead atoms. The van der Waals surface area contributed by atoms with Crippen LogP contribution in [0.3, 0.4) is 0 Å². The number of nitro groups is 1. The van der Waals surface area contributed by atoms with Crippen LogP contribution < -0.4 is 14.8 Å². The number of hydrogen-bond donors (Lipinski definition) is 1. The van der Waals surface area contributed by atoms with Crippen molar-refractivity contribution in [3.05, 3.63) is 63.7 Å². The molecule has 0 aromatic heterocycles. The molecule has 24 heavy (non-hydrogen) atoms. The minimum atomic E-state index is -0.471. The predicted molar refractivity (Wildman–Crippen MR) is 86.5 cm³/mol. The maximum Gasteiger partial charge on any atom is 0.272 e. The fourth-order valence-electron chi connectivity index (χ4n) is 2.47. The number of nitrogens with zero attached hydrogens (tertiary/aromatic N) is 1. The topological polar surface area (TPSA) is 90.7 Å². The number of fused-ring (bicyclic) bond motifs is 1. The van der Waals surface area contributed by atoms with Crippen LogP contribution in [0.2, 0.25) is 0 Å². The van der Waals surface area contributed by atoms with E-state index in [1.165, 1.54) is 18.2 Å². The summed E-state index contributed by atoms with van der Waals surface area (Å²) in [4.78, 5) is 22.5. The molecule has 2 aromatic carbocycles. The van der Waals surface area contributed by atoms with Crippen molar-refractivity contribution in [2.75, 3.05) is 13.2 Å². The summed E-state index contributed by atoms with van der Waals surface area (Å²) in [6.45, 7) is 2.23. The average molecular weight is 328 g/mol.